The first-order valence-electron chi connectivity index (χ1n) is 23.4. The highest BCUT2D eigenvalue weighted by molar-refractivity contribution is 6.99. The maximum absolute atomic E-state index is 14.4. The number of imidazole rings is 1. The van der Waals surface area contributed by atoms with Crippen LogP contribution in [0, 0.1) is 0 Å². The SMILES string of the molecule is COc1ccc(CNc2nccn3c(C4CN(C(=O)OC(C)(C)C)C(CO[Si](c5ccccc5)(c5ccccc5)C(C)(C)C)CO4)nc(-c4ccc(C(=O)Nc5cc(C(F)(F)F)ccn5)cc4)c23)c(OC)c1. The Balaban J connectivity index is 1.16. The Kier molecular flexibility index (Phi) is 14.8. The third kappa shape index (κ3) is 10.9. The zero-order valence-corrected chi connectivity index (χ0v) is 42.4. The van der Waals surface area contributed by atoms with Crippen LogP contribution in [-0.2, 0) is 26.6 Å². The molecule has 0 saturated carbocycles. The number of benzene rings is 4. The summed E-state index contributed by atoms with van der Waals surface area (Å²) in [5.74, 6) is 1.24. The molecule has 0 aliphatic carbocycles. The van der Waals surface area contributed by atoms with Crippen LogP contribution in [-0.4, -0.2) is 90.2 Å². The Hall–Kier alpha value is -7.28. The second-order valence-electron chi connectivity index (χ2n) is 19.4. The molecule has 2 N–H and O–H groups in total. The van der Waals surface area contributed by atoms with Gasteiger partial charge >= 0.3 is 12.3 Å². The molecule has 14 nitrogen and oxygen atoms in total. The number of carbonyl (C=O) groups is 2. The van der Waals surface area contributed by atoms with Crippen LogP contribution in [0.3, 0.4) is 0 Å². The number of morpholine rings is 1. The standard InChI is InChI=1S/C54H58F3N7O7Si/c1-52(2,3)71-51(66)64-32-44(69-33-39(64)34-70-72(53(4,5)6,41-15-11-9-12-16-41)42-17-13-10-14-18-42)49-62-46(35-19-21-36(22-20-35)50(65)61-45-29-38(25-26-58-45)54(55,56)57)47-48(59-27-28-63(47)49)60-31-37-23-24-40(67-7)30-43(37)68-8/h9-30,39,44H,31-34H2,1-8H3,(H,59,60)(H,58,61,65). The molecule has 8 rings (SSSR count). The number of fused-ring (bicyclic) bond motifs is 1. The molecule has 4 aromatic carbocycles. The fourth-order valence-corrected chi connectivity index (χ4v) is 13.6. The van der Waals surface area contributed by atoms with Crippen molar-refractivity contribution in [1.82, 2.24) is 24.3 Å². The number of methoxy groups -OCH3 is 2. The van der Waals surface area contributed by atoms with Crippen molar-refractivity contribution in [3.05, 3.63) is 156 Å². The van der Waals surface area contributed by atoms with E-state index in [0.29, 0.717) is 46.5 Å². The maximum Gasteiger partial charge on any atom is 0.416 e. The minimum absolute atomic E-state index is 0.0546. The summed E-state index contributed by atoms with van der Waals surface area (Å²) in [6, 6.07) is 33.6. The van der Waals surface area contributed by atoms with Crippen molar-refractivity contribution in [3.8, 4) is 22.8 Å². The largest absolute Gasteiger partial charge is 0.497 e. The first-order valence-corrected chi connectivity index (χ1v) is 25.3. The van der Waals surface area contributed by atoms with E-state index in [1.54, 1.807) is 61.8 Å². The molecule has 0 bridgehead atoms. The van der Waals surface area contributed by atoms with Crippen molar-refractivity contribution < 1.29 is 46.1 Å². The lowest BCUT2D eigenvalue weighted by atomic mass is 10.1. The van der Waals surface area contributed by atoms with Gasteiger partial charge in [-0.3, -0.25) is 14.1 Å². The second kappa shape index (κ2) is 20.8. The van der Waals surface area contributed by atoms with Crippen LogP contribution in [0.4, 0.5) is 29.6 Å². The zero-order valence-electron chi connectivity index (χ0n) is 41.4. The van der Waals surface area contributed by atoms with Crippen molar-refractivity contribution in [1.29, 1.82) is 0 Å². The monoisotopic (exact) mass is 1000 g/mol. The van der Waals surface area contributed by atoms with Gasteiger partial charge in [0.25, 0.3) is 14.2 Å². The van der Waals surface area contributed by atoms with E-state index in [1.165, 1.54) is 0 Å². The molecule has 1 fully saturated rings. The lowest BCUT2D eigenvalue weighted by molar-refractivity contribution is -0.137. The van der Waals surface area contributed by atoms with Gasteiger partial charge in [-0.25, -0.2) is 19.7 Å². The summed E-state index contributed by atoms with van der Waals surface area (Å²) in [5.41, 5.74) is 0.857. The van der Waals surface area contributed by atoms with E-state index in [4.69, 9.17) is 33.3 Å². The van der Waals surface area contributed by atoms with Crippen LogP contribution in [0.25, 0.3) is 16.8 Å². The Labute approximate surface area is 417 Å². The summed E-state index contributed by atoms with van der Waals surface area (Å²) in [6.45, 7) is 12.7. The summed E-state index contributed by atoms with van der Waals surface area (Å²) >= 11 is 0. The second-order valence-corrected chi connectivity index (χ2v) is 23.7. The highest BCUT2D eigenvalue weighted by atomic mass is 28.4. The highest BCUT2D eigenvalue weighted by Crippen LogP contribution is 2.39. The first-order chi connectivity index (χ1) is 34.3. The lowest BCUT2D eigenvalue weighted by Gasteiger charge is -2.45. The van der Waals surface area contributed by atoms with Gasteiger partial charge in [0.1, 0.15) is 46.1 Å². The number of amides is 2. The molecule has 3 aromatic heterocycles. The summed E-state index contributed by atoms with van der Waals surface area (Å²) in [4.78, 5) is 43.3. The van der Waals surface area contributed by atoms with Crippen LogP contribution >= 0.6 is 0 Å². The minimum Gasteiger partial charge on any atom is -0.497 e. The summed E-state index contributed by atoms with van der Waals surface area (Å²) in [5, 5.41) is 7.80. The van der Waals surface area contributed by atoms with Crippen LogP contribution in [0.1, 0.15) is 75.0 Å². The first kappa shape index (κ1) is 51.1. The number of halogens is 3. The van der Waals surface area contributed by atoms with Gasteiger partial charge in [-0.05, 0) is 72.6 Å². The number of anilines is 2. The predicted octanol–water partition coefficient (Wildman–Crippen LogP) is 9.95. The molecule has 0 radical (unpaired) electrons. The van der Waals surface area contributed by atoms with Crippen LogP contribution in [0.15, 0.2) is 134 Å². The van der Waals surface area contributed by atoms with E-state index < -0.39 is 49.8 Å². The van der Waals surface area contributed by atoms with Crippen LogP contribution < -0.4 is 30.5 Å². The van der Waals surface area contributed by atoms with E-state index in [-0.39, 0.29) is 36.2 Å². The number of hydrogen-bond donors (Lipinski definition) is 2. The summed E-state index contributed by atoms with van der Waals surface area (Å²) < 4.78 is 73.5. The van der Waals surface area contributed by atoms with E-state index in [9.17, 15) is 22.8 Å². The summed E-state index contributed by atoms with van der Waals surface area (Å²) in [6.07, 6.45) is -1.52. The van der Waals surface area contributed by atoms with Gasteiger partial charge in [0.05, 0.1) is 45.6 Å². The topological polar surface area (TPSA) is 151 Å². The third-order valence-corrected chi connectivity index (χ3v) is 17.4. The molecule has 2 atom stereocenters. The molecule has 1 saturated heterocycles. The number of alkyl halides is 3. The molecule has 2 amide bonds. The zero-order chi connectivity index (χ0) is 51.4. The van der Waals surface area contributed by atoms with Gasteiger partial charge in [0.15, 0.2) is 5.82 Å². The number of nitrogens with zero attached hydrogens (tertiary/aromatic N) is 5. The Morgan fingerprint density at radius 1 is 0.819 bits per heavy atom. The predicted molar refractivity (Wildman–Crippen MR) is 271 cm³/mol. The molecule has 376 valence electrons. The van der Waals surface area contributed by atoms with Crippen molar-refractivity contribution in [2.75, 3.05) is 44.6 Å². The Bertz CT molecular complexity index is 2980. The molecule has 18 heteroatoms. The number of ether oxygens (including phenoxy) is 4. The normalized spacial score (nSPS) is 15.5. The Morgan fingerprint density at radius 2 is 1.50 bits per heavy atom. The molecular formula is C54H58F3N7O7Si. The molecule has 0 spiro atoms. The van der Waals surface area contributed by atoms with Crippen LogP contribution in [0.2, 0.25) is 5.04 Å². The number of carbonyl (C=O) groups excluding carboxylic acids is 2. The quantitative estimate of drug-likeness (QED) is 0.100. The molecule has 2 unspecified atom stereocenters. The molecular weight excluding hydrogens is 944 g/mol. The summed E-state index contributed by atoms with van der Waals surface area (Å²) in [7, 11) is 0.125. The van der Waals surface area contributed by atoms with Crippen molar-refractivity contribution in [2.24, 2.45) is 0 Å². The van der Waals surface area contributed by atoms with Gasteiger partial charge < -0.3 is 34.0 Å². The molecule has 7 aromatic rings. The van der Waals surface area contributed by atoms with Crippen LogP contribution in [0.5, 0.6) is 11.5 Å². The average molecular weight is 1000 g/mol. The van der Waals surface area contributed by atoms with E-state index >= 15 is 0 Å². The number of hydrogen-bond acceptors (Lipinski definition) is 11. The average Bonchev–Trinajstić information content (AvgIpc) is 3.76. The van der Waals surface area contributed by atoms with E-state index in [1.807, 2.05) is 73.7 Å². The highest BCUT2D eigenvalue weighted by Gasteiger charge is 2.51. The third-order valence-electron chi connectivity index (χ3n) is 12.4. The van der Waals surface area contributed by atoms with Gasteiger partial charge in [0.2, 0.25) is 0 Å². The molecule has 72 heavy (non-hydrogen) atoms. The number of nitrogens with one attached hydrogen (secondary N) is 2. The van der Waals surface area contributed by atoms with E-state index in [0.717, 1.165) is 34.3 Å². The van der Waals surface area contributed by atoms with Gasteiger partial charge in [0, 0.05) is 47.9 Å². The van der Waals surface area contributed by atoms with Crippen molar-refractivity contribution in [2.45, 2.75) is 77.0 Å². The fraction of sp³-hybridized carbons (Fsp3) is 0.315. The van der Waals surface area contributed by atoms with Crippen molar-refractivity contribution in [3.63, 3.8) is 0 Å². The van der Waals surface area contributed by atoms with Gasteiger partial charge in [-0.1, -0.05) is 93.6 Å². The minimum atomic E-state index is -4.61. The van der Waals surface area contributed by atoms with Gasteiger partial charge in [-0.2, -0.15) is 13.2 Å². The van der Waals surface area contributed by atoms with E-state index in [2.05, 4.69) is 60.7 Å². The maximum atomic E-state index is 14.4. The number of rotatable bonds is 14. The fourth-order valence-electron chi connectivity index (χ4n) is 8.96. The molecule has 1 aliphatic rings. The van der Waals surface area contributed by atoms with Crippen molar-refractivity contribution >= 4 is 47.8 Å². The smallest absolute Gasteiger partial charge is 0.416 e. The number of pyridine rings is 1. The van der Waals surface area contributed by atoms with Gasteiger partial charge in [-0.15, -0.1) is 0 Å². The Morgan fingerprint density at radius 3 is 2.11 bits per heavy atom. The molecule has 4 heterocycles. The number of aromatic nitrogens is 4. The lowest BCUT2D eigenvalue weighted by Crippen LogP contribution is -2.68. The molecule has 1 aliphatic heterocycles.